The molecule has 0 aliphatic heterocycles. The summed E-state index contributed by atoms with van der Waals surface area (Å²) in [6.45, 7) is 0. The van der Waals surface area contributed by atoms with E-state index < -0.39 is 0 Å². The Morgan fingerprint density at radius 2 is 2.00 bits per heavy atom. The van der Waals surface area contributed by atoms with Gasteiger partial charge in [0.05, 0.1) is 0 Å². The first-order chi connectivity index (χ1) is 5.84. The third-order valence-corrected chi connectivity index (χ3v) is 5.22. The van der Waals surface area contributed by atoms with Gasteiger partial charge < -0.3 is 0 Å². The molecular weight excluding hydrogens is 168 g/mol. The third-order valence-electron chi connectivity index (χ3n) is 4.68. The van der Waals surface area contributed by atoms with Crippen LogP contribution in [0.5, 0.6) is 0 Å². The molecule has 0 nitrogen and oxygen atoms in total. The Labute approximate surface area is 79.7 Å². The average molecular weight is 185 g/mol. The molecule has 0 saturated heterocycles. The summed E-state index contributed by atoms with van der Waals surface area (Å²) in [5.74, 6) is 4.16. The van der Waals surface area contributed by atoms with Crippen molar-refractivity contribution in [2.24, 2.45) is 23.2 Å². The van der Waals surface area contributed by atoms with Gasteiger partial charge in [-0.1, -0.05) is 6.42 Å². The van der Waals surface area contributed by atoms with Crippen LogP contribution in [0.4, 0.5) is 0 Å². The van der Waals surface area contributed by atoms with Crippen LogP contribution in [-0.4, -0.2) is 5.88 Å². The number of hydrogen-bond acceptors (Lipinski definition) is 0. The number of halogens is 1. The van der Waals surface area contributed by atoms with Gasteiger partial charge in [-0.2, -0.15) is 0 Å². The molecule has 12 heavy (non-hydrogen) atoms. The summed E-state index contributed by atoms with van der Waals surface area (Å²) in [5, 5.41) is 0. The Morgan fingerprint density at radius 3 is 2.42 bits per heavy atom. The van der Waals surface area contributed by atoms with E-state index in [-0.39, 0.29) is 0 Å². The van der Waals surface area contributed by atoms with Gasteiger partial charge in [0.25, 0.3) is 0 Å². The molecule has 3 saturated carbocycles. The number of hydrogen-bond donors (Lipinski definition) is 0. The van der Waals surface area contributed by atoms with Crippen LogP contribution in [0, 0.1) is 23.2 Å². The highest BCUT2D eigenvalue weighted by Gasteiger charge is 2.55. The van der Waals surface area contributed by atoms with Crippen LogP contribution in [0.1, 0.15) is 38.5 Å². The first kappa shape index (κ1) is 7.67. The monoisotopic (exact) mass is 184 g/mol. The fraction of sp³-hybridized carbons (Fsp3) is 1.00. The molecule has 0 heterocycles. The SMILES string of the molecule is ClCC1(C2CC3CCC2C3)CC1. The zero-order valence-corrected chi connectivity index (χ0v) is 8.32. The molecule has 0 aromatic heterocycles. The van der Waals surface area contributed by atoms with E-state index >= 15 is 0 Å². The highest BCUT2D eigenvalue weighted by Crippen LogP contribution is 2.64. The summed E-state index contributed by atoms with van der Waals surface area (Å²) < 4.78 is 0. The maximum atomic E-state index is 6.07. The fourth-order valence-corrected chi connectivity index (χ4v) is 4.22. The quantitative estimate of drug-likeness (QED) is 0.577. The lowest BCUT2D eigenvalue weighted by molar-refractivity contribution is 0.226. The Hall–Kier alpha value is 0.290. The topological polar surface area (TPSA) is 0 Å². The van der Waals surface area contributed by atoms with Crippen molar-refractivity contribution in [1.82, 2.24) is 0 Å². The summed E-state index contributed by atoms with van der Waals surface area (Å²) in [5.41, 5.74) is 0.640. The molecule has 1 heteroatoms. The molecule has 3 aliphatic carbocycles. The summed E-state index contributed by atoms with van der Waals surface area (Å²) in [4.78, 5) is 0. The van der Waals surface area contributed by atoms with E-state index in [4.69, 9.17) is 11.6 Å². The molecule has 3 rings (SSSR count). The van der Waals surface area contributed by atoms with Crippen molar-refractivity contribution in [3.63, 3.8) is 0 Å². The standard InChI is InChI=1S/C11H17Cl/c12-7-11(3-4-11)10-6-8-1-2-9(10)5-8/h8-10H,1-7H2. The maximum Gasteiger partial charge on any atom is 0.0282 e. The molecule has 3 fully saturated rings. The molecule has 0 radical (unpaired) electrons. The minimum absolute atomic E-state index is 0.640. The molecule has 0 aromatic rings. The Morgan fingerprint density at radius 1 is 1.17 bits per heavy atom. The zero-order valence-electron chi connectivity index (χ0n) is 7.56. The van der Waals surface area contributed by atoms with Crippen LogP contribution in [0.3, 0.4) is 0 Å². The molecule has 3 aliphatic rings. The predicted octanol–water partition coefficient (Wildman–Crippen LogP) is 3.44. The van der Waals surface area contributed by atoms with Crippen LogP contribution in [-0.2, 0) is 0 Å². The average Bonchev–Trinajstić information content (AvgIpc) is 2.62. The van der Waals surface area contributed by atoms with E-state index in [1.807, 2.05) is 0 Å². The van der Waals surface area contributed by atoms with Crippen molar-refractivity contribution in [2.75, 3.05) is 5.88 Å². The van der Waals surface area contributed by atoms with Gasteiger partial charge in [-0.25, -0.2) is 0 Å². The first-order valence-electron chi connectivity index (χ1n) is 5.40. The summed E-state index contributed by atoms with van der Waals surface area (Å²) in [7, 11) is 0. The Bertz CT molecular complexity index is 195. The lowest BCUT2D eigenvalue weighted by Crippen LogP contribution is -2.23. The van der Waals surface area contributed by atoms with Gasteiger partial charge in [-0.05, 0) is 55.3 Å². The number of rotatable bonds is 2. The molecule has 3 atom stereocenters. The van der Waals surface area contributed by atoms with Crippen molar-refractivity contribution < 1.29 is 0 Å². The Kier molecular flexibility index (Phi) is 1.54. The second-order valence-electron chi connectivity index (χ2n) is 5.28. The van der Waals surface area contributed by atoms with E-state index in [1.54, 1.807) is 6.42 Å². The van der Waals surface area contributed by atoms with Crippen LogP contribution < -0.4 is 0 Å². The molecule has 68 valence electrons. The highest BCUT2D eigenvalue weighted by molar-refractivity contribution is 6.18. The molecule has 0 amide bonds. The van der Waals surface area contributed by atoms with Crippen molar-refractivity contribution >= 4 is 11.6 Å². The molecule has 3 unspecified atom stereocenters. The lowest BCUT2D eigenvalue weighted by Gasteiger charge is -2.29. The van der Waals surface area contributed by atoms with Gasteiger partial charge >= 0.3 is 0 Å². The van der Waals surface area contributed by atoms with Crippen LogP contribution in [0.15, 0.2) is 0 Å². The maximum absolute atomic E-state index is 6.07. The van der Waals surface area contributed by atoms with Crippen molar-refractivity contribution in [2.45, 2.75) is 38.5 Å². The summed E-state index contributed by atoms with van der Waals surface area (Å²) in [6.07, 6.45) is 8.99. The van der Waals surface area contributed by atoms with E-state index in [0.717, 1.165) is 23.6 Å². The molecule has 0 N–H and O–H groups in total. The smallest absolute Gasteiger partial charge is 0.0282 e. The largest absolute Gasteiger partial charge is 0.126 e. The van der Waals surface area contributed by atoms with E-state index in [9.17, 15) is 0 Å². The first-order valence-corrected chi connectivity index (χ1v) is 5.93. The van der Waals surface area contributed by atoms with Crippen LogP contribution >= 0.6 is 11.6 Å². The fourth-order valence-electron chi connectivity index (χ4n) is 3.76. The van der Waals surface area contributed by atoms with E-state index in [0.29, 0.717) is 5.41 Å². The van der Waals surface area contributed by atoms with Gasteiger partial charge in [0.1, 0.15) is 0 Å². The normalized spacial score (nSPS) is 48.2. The van der Waals surface area contributed by atoms with Gasteiger partial charge in [0.15, 0.2) is 0 Å². The summed E-state index contributed by atoms with van der Waals surface area (Å²) >= 11 is 6.07. The van der Waals surface area contributed by atoms with Crippen molar-refractivity contribution in [3.05, 3.63) is 0 Å². The minimum Gasteiger partial charge on any atom is -0.126 e. The minimum atomic E-state index is 0.640. The molecule has 2 bridgehead atoms. The molecule has 0 spiro atoms. The summed E-state index contributed by atoms with van der Waals surface area (Å²) in [6, 6.07) is 0. The van der Waals surface area contributed by atoms with Crippen molar-refractivity contribution in [1.29, 1.82) is 0 Å². The second-order valence-corrected chi connectivity index (χ2v) is 5.54. The second kappa shape index (κ2) is 2.41. The van der Waals surface area contributed by atoms with Gasteiger partial charge in [-0.3, -0.25) is 0 Å². The van der Waals surface area contributed by atoms with Crippen LogP contribution in [0.25, 0.3) is 0 Å². The zero-order chi connectivity index (χ0) is 8.18. The Balaban J connectivity index is 1.78. The van der Waals surface area contributed by atoms with Gasteiger partial charge in [0, 0.05) is 5.88 Å². The van der Waals surface area contributed by atoms with Gasteiger partial charge in [0.2, 0.25) is 0 Å². The predicted molar refractivity (Wildman–Crippen MR) is 51.3 cm³/mol. The van der Waals surface area contributed by atoms with Crippen LogP contribution in [0.2, 0.25) is 0 Å². The lowest BCUT2D eigenvalue weighted by atomic mass is 9.78. The highest BCUT2D eigenvalue weighted by atomic mass is 35.5. The number of alkyl halides is 1. The van der Waals surface area contributed by atoms with Crippen molar-refractivity contribution in [3.8, 4) is 0 Å². The van der Waals surface area contributed by atoms with E-state index in [1.165, 1.54) is 32.1 Å². The van der Waals surface area contributed by atoms with E-state index in [2.05, 4.69) is 0 Å². The molecule has 0 aromatic carbocycles. The third kappa shape index (κ3) is 0.907. The van der Waals surface area contributed by atoms with Gasteiger partial charge in [-0.15, -0.1) is 11.6 Å². The number of fused-ring (bicyclic) bond motifs is 2. The molecular formula is C11H17Cl.